The first-order valence-corrected chi connectivity index (χ1v) is 11.5. The normalized spacial score (nSPS) is 16.9. The highest BCUT2D eigenvalue weighted by Crippen LogP contribution is 2.33. The fourth-order valence-electron chi connectivity index (χ4n) is 3.59. The number of carbonyl (C=O) groups is 2. The van der Waals surface area contributed by atoms with Crippen molar-refractivity contribution in [3.05, 3.63) is 95.3 Å². The van der Waals surface area contributed by atoms with Gasteiger partial charge in [0.1, 0.15) is 11.1 Å². The Morgan fingerprint density at radius 3 is 2.48 bits per heavy atom. The summed E-state index contributed by atoms with van der Waals surface area (Å²) >= 11 is 1.26. The Kier molecular flexibility index (Phi) is 6.89. The summed E-state index contributed by atoms with van der Waals surface area (Å²) in [7, 11) is 0. The number of benzene rings is 3. The van der Waals surface area contributed by atoms with Gasteiger partial charge in [0.05, 0.1) is 12.2 Å². The Balaban J connectivity index is 1.54. The summed E-state index contributed by atoms with van der Waals surface area (Å²) in [5.74, 6) is -0.743. The molecule has 5 nitrogen and oxygen atoms in total. The zero-order valence-corrected chi connectivity index (χ0v) is 19.2. The molecule has 33 heavy (non-hydrogen) atoms. The summed E-state index contributed by atoms with van der Waals surface area (Å²) in [5.41, 5.74) is 4.33. The second-order valence-electron chi connectivity index (χ2n) is 7.96. The van der Waals surface area contributed by atoms with E-state index in [0.29, 0.717) is 17.4 Å². The number of thioether (sulfide) groups is 1. The van der Waals surface area contributed by atoms with E-state index in [1.54, 1.807) is 17.0 Å². The fourth-order valence-corrected chi connectivity index (χ4v) is 4.74. The van der Waals surface area contributed by atoms with Gasteiger partial charge >= 0.3 is 0 Å². The van der Waals surface area contributed by atoms with Crippen molar-refractivity contribution in [3.8, 4) is 0 Å². The second-order valence-corrected chi connectivity index (χ2v) is 9.13. The van der Waals surface area contributed by atoms with Crippen molar-refractivity contribution < 1.29 is 14.0 Å². The summed E-state index contributed by atoms with van der Waals surface area (Å²) in [6.45, 7) is 4.28. The largest absolute Gasteiger partial charge is 0.326 e. The maximum absolute atomic E-state index is 13.3. The van der Waals surface area contributed by atoms with Gasteiger partial charge in [-0.2, -0.15) is 0 Å². The van der Waals surface area contributed by atoms with Crippen molar-refractivity contribution in [1.29, 1.82) is 0 Å². The molecule has 0 spiro atoms. The van der Waals surface area contributed by atoms with Gasteiger partial charge in [0, 0.05) is 12.1 Å². The standard InChI is InChI=1S/C26H24FN3O2S/c1-17-8-13-22(18(2)14-17)29-24(31)15-23-25(32)30(16-19-6-4-3-5-7-19)26(33-23)28-21-11-9-20(27)10-12-21/h3-14,23H,15-16H2,1-2H3,(H,29,31). The van der Waals surface area contributed by atoms with E-state index in [9.17, 15) is 14.0 Å². The highest BCUT2D eigenvalue weighted by molar-refractivity contribution is 8.15. The molecule has 1 aliphatic heterocycles. The van der Waals surface area contributed by atoms with Crippen LogP contribution in [0.3, 0.4) is 0 Å². The molecule has 1 atom stereocenters. The molecule has 3 aromatic carbocycles. The maximum Gasteiger partial charge on any atom is 0.242 e. The lowest BCUT2D eigenvalue weighted by molar-refractivity contribution is -0.128. The van der Waals surface area contributed by atoms with Crippen molar-refractivity contribution in [2.75, 3.05) is 5.32 Å². The van der Waals surface area contributed by atoms with Gasteiger partial charge in [0.15, 0.2) is 5.17 Å². The predicted molar refractivity (Wildman–Crippen MR) is 131 cm³/mol. The van der Waals surface area contributed by atoms with E-state index in [4.69, 9.17) is 0 Å². The number of halogens is 1. The first-order chi connectivity index (χ1) is 15.9. The smallest absolute Gasteiger partial charge is 0.242 e. The quantitative estimate of drug-likeness (QED) is 0.520. The van der Waals surface area contributed by atoms with Gasteiger partial charge in [-0.3, -0.25) is 14.5 Å². The number of carbonyl (C=O) groups excluding carboxylic acids is 2. The number of amides is 2. The van der Waals surface area contributed by atoms with Crippen LogP contribution in [0.5, 0.6) is 0 Å². The number of nitrogens with one attached hydrogen (secondary N) is 1. The third-order valence-electron chi connectivity index (χ3n) is 5.28. The average Bonchev–Trinajstić information content (AvgIpc) is 3.06. The third kappa shape index (κ3) is 5.68. The van der Waals surface area contributed by atoms with Crippen molar-refractivity contribution in [1.82, 2.24) is 4.90 Å². The summed E-state index contributed by atoms with van der Waals surface area (Å²) in [4.78, 5) is 32.2. The zero-order chi connectivity index (χ0) is 23.4. The second kappa shape index (κ2) is 10.0. The molecule has 7 heteroatoms. The van der Waals surface area contributed by atoms with E-state index < -0.39 is 5.25 Å². The molecule has 1 unspecified atom stereocenters. The molecule has 4 rings (SSSR count). The fraction of sp³-hybridized carbons (Fsp3) is 0.192. The first kappa shape index (κ1) is 22.7. The maximum atomic E-state index is 13.3. The molecule has 0 radical (unpaired) electrons. The molecule has 0 aromatic heterocycles. The molecule has 2 amide bonds. The lowest BCUT2D eigenvalue weighted by Gasteiger charge is -2.16. The van der Waals surface area contributed by atoms with Crippen LogP contribution in [0, 0.1) is 19.7 Å². The van der Waals surface area contributed by atoms with Crippen LogP contribution in [0.1, 0.15) is 23.1 Å². The number of amidine groups is 1. The van der Waals surface area contributed by atoms with Crippen LogP contribution in [0.2, 0.25) is 0 Å². The molecule has 1 aliphatic rings. The Morgan fingerprint density at radius 1 is 1.06 bits per heavy atom. The molecule has 1 heterocycles. The Bertz CT molecular complexity index is 1200. The monoisotopic (exact) mass is 461 g/mol. The van der Waals surface area contributed by atoms with Gasteiger partial charge in [-0.15, -0.1) is 0 Å². The number of hydrogen-bond donors (Lipinski definition) is 1. The molecular formula is C26H24FN3O2S. The molecule has 168 valence electrons. The number of aliphatic imine (C=N–C) groups is 1. The van der Waals surface area contributed by atoms with Gasteiger partial charge in [-0.05, 0) is 55.3 Å². The van der Waals surface area contributed by atoms with E-state index in [1.807, 2.05) is 62.4 Å². The number of hydrogen-bond acceptors (Lipinski definition) is 4. The average molecular weight is 462 g/mol. The molecule has 1 saturated heterocycles. The molecule has 1 fully saturated rings. The SMILES string of the molecule is Cc1ccc(NC(=O)CC2SC(=Nc3ccc(F)cc3)N(Cc3ccccc3)C2=O)c(C)c1. The van der Waals surface area contributed by atoms with Crippen LogP contribution < -0.4 is 5.32 Å². The Hall–Kier alpha value is -3.45. The zero-order valence-electron chi connectivity index (χ0n) is 18.4. The topological polar surface area (TPSA) is 61.8 Å². The van der Waals surface area contributed by atoms with E-state index in [0.717, 1.165) is 22.4 Å². The number of aryl methyl sites for hydroxylation is 2. The molecule has 0 saturated carbocycles. The van der Waals surface area contributed by atoms with Crippen LogP contribution in [0.4, 0.5) is 15.8 Å². The molecule has 1 N–H and O–H groups in total. The van der Waals surface area contributed by atoms with Gasteiger partial charge in [0.25, 0.3) is 0 Å². The summed E-state index contributed by atoms with van der Waals surface area (Å²) in [5, 5.41) is 2.83. The minimum absolute atomic E-state index is 0.0323. The van der Waals surface area contributed by atoms with E-state index >= 15 is 0 Å². The van der Waals surface area contributed by atoms with E-state index in [1.165, 1.54) is 23.9 Å². The van der Waals surface area contributed by atoms with E-state index in [2.05, 4.69) is 10.3 Å². The molecule has 3 aromatic rings. The minimum atomic E-state index is -0.585. The highest BCUT2D eigenvalue weighted by Gasteiger charge is 2.39. The minimum Gasteiger partial charge on any atom is -0.326 e. The predicted octanol–water partition coefficient (Wildman–Crippen LogP) is 5.60. The number of rotatable bonds is 6. The molecule has 0 aliphatic carbocycles. The van der Waals surface area contributed by atoms with Crippen molar-refractivity contribution in [3.63, 3.8) is 0 Å². The molecule has 0 bridgehead atoms. The number of nitrogens with zero attached hydrogens (tertiary/aromatic N) is 2. The van der Waals surface area contributed by atoms with Crippen LogP contribution in [0.25, 0.3) is 0 Å². The van der Waals surface area contributed by atoms with Gasteiger partial charge in [-0.25, -0.2) is 9.38 Å². The summed E-state index contributed by atoms with van der Waals surface area (Å²) in [6.07, 6.45) is 0.0323. The van der Waals surface area contributed by atoms with Crippen LogP contribution in [0.15, 0.2) is 77.8 Å². The molecular weight excluding hydrogens is 437 g/mol. The van der Waals surface area contributed by atoms with Gasteiger partial charge < -0.3 is 5.32 Å². The van der Waals surface area contributed by atoms with Crippen LogP contribution >= 0.6 is 11.8 Å². The lowest BCUT2D eigenvalue weighted by atomic mass is 10.1. The van der Waals surface area contributed by atoms with E-state index in [-0.39, 0.29) is 24.1 Å². The number of anilines is 1. The van der Waals surface area contributed by atoms with Crippen molar-refractivity contribution in [2.45, 2.75) is 32.1 Å². The van der Waals surface area contributed by atoms with Crippen LogP contribution in [-0.4, -0.2) is 27.1 Å². The summed E-state index contributed by atoms with van der Waals surface area (Å²) < 4.78 is 13.3. The summed E-state index contributed by atoms with van der Waals surface area (Å²) in [6, 6.07) is 21.2. The third-order valence-corrected chi connectivity index (χ3v) is 6.46. The van der Waals surface area contributed by atoms with Crippen molar-refractivity contribution in [2.24, 2.45) is 4.99 Å². The van der Waals surface area contributed by atoms with Gasteiger partial charge in [0.2, 0.25) is 11.8 Å². The Labute approximate surface area is 196 Å². The van der Waals surface area contributed by atoms with Crippen LogP contribution in [-0.2, 0) is 16.1 Å². The highest BCUT2D eigenvalue weighted by atomic mass is 32.2. The van der Waals surface area contributed by atoms with Crippen molar-refractivity contribution >= 4 is 40.1 Å². The Morgan fingerprint density at radius 2 is 1.79 bits per heavy atom. The first-order valence-electron chi connectivity index (χ1n) is 10.6. The van der Waals surface area contributed by atoms with Gasteiger partial charge in [-0.1, -0.05) is 59.8 Å². The lowest BCUT2D eigenvalue weighted by Crippen LogP contribution is -2.33.